The quantitative estimate of drug-likeness (QED) is 0.739. The van der Waals surface area contributed by atoms with Gasteiger partial charge in [-0.3, -0.25) is 4.79 Å². The molecule has 0 unspecified atom stereocenters. The lowest BCUT2D eigenvalue weighted by atomic mass is 9.71. The van der Waals surface area contributed by atoms with Gasteiger partial charge in [0.1, 0.15) is 0 Å². The van der Waals surface area contributed by atoms with Crippen LogP contribution in [0.15, 0.2) is 12.2 Å². The molecule has 3 nitrogen and oxygen atoms in total. The molecule has 18 heavy (non-hydrogen) atoms. The van der Waals surface area contributed by atoms with Crippen LogP contribution in [0.1, 0.15) is 52.4 Å². The summed E-state index contributed by atoms with van der Waals surface area (Å²) in [6, 6.07) is 0. The summed E-state index contributed by atoms with van der Waals surface area (Å²) in [5.74, 6) is 0.243. The standard InChI is InChI=1S/C15H28N2O/c1-4-17(11-13(2)3)14(18)10-15(12-16)8-6-5-7-9-15/h2,4-12,16H2,1,3H3. The number of likely N-dealkylation sites (N-methyl/N-ethyl adjacent to an activating group) is 1. The molecule has 2 N–H and O–H groups in total. The summed E-state index contributed by atoms with van der Waals surface area (Å²) in [5.41, 5.74) is 7.05. The van der Waals surface area contributed by atoms with E-state index in [1.165, 1.54) is 19.3 Å². The highest BCUT2D eigenvalue weighted by Crippen LogP contribution is 2.38. The number of hydrogen-bond donors (Lipinski definition) is 1. The molecule has 1 aliphatic carbocycles. The Morgan fingerprint density at radius 3 is 2.39 bits per heavy atom. The monoisotopic (exact) mass is 252 g/mol. The first-order chi connectivity index (χ1) is 8.53. The van der Waals surface area contributed by atoms with Crippen molar-refractivity contribution in [2.45, 2.75) is 52.4 Å². The molecule has 0 aromatic rings. The van der Waals surface area contributed by atoms with Crippen molar-refractivity contribution in [3.63, 3.8) is 0 Å². The van der Waals surface area contributed by atoms with Crippen molar-refractivity contribution in [3.8, 4) is 0 Å². The number of carbonyl (C=O) groups is 1. The molecule has 0 aromatic carbocycles. The number of nitrogens with zero attached hydrogens (tertiary/aromatic N) is 1. The molecule has 1 rings (SSSR count). The fourth-order valence-electron chi connectivity index (χ4n) is 2.89. The van der Waals surface area contributed by atoms with E-state index in [0.717, 1.165) is 25.0 Å². The Bertz CT molecular complexity index is 293. The third kappa shape index (κ3) is 4.13. The zero-order valence-corrected chi connectivity index (χ0v) is 12.0. The minimum Gasteiger partial charge on any atom is -0.339 e. The Hall–Kier alpha value is -0.830. The van der Waals surface area contributed by atoms with Crippen LogP contribution >= 0.6 is 0 Å². The number of carbonyl (C=O) groups excluding carboxylic acids is 1. The first-order valence-electron chi connectivity index (χ1n) is 7.15. The van der Waals surface area contributed by atoms with Crippen LogP contribution in [0.4, 0.5) is 0 Å². The van der Waals surface area contributed by atoms with Crippen LogP contribution in [0.25, 0.3) is 0 Å². The normalized spacial score (nSPS) is 18.4. The number of rotatable bonds is 6. The molecule has 0 radical (unpaired) electrons. The van der Waals surface area contributed by atoms with E-state index in [0.29, 0.717) is 19.5 Å². The summed E-state index contributed by atoms with van der Waals surface area (Å²) in [7, 11) is 0. The van der Waals surface area contributed by atoms with Gasteiger partial charge in [0.15, 0.2) is 0 Å². The fraction of sp³-hybridized carbons (Fsp3) is 0.800. The third-order valence-corrected chi connectivity index (χ3v) is 4.07. The van der Waals surface area contributed by atoms with Gasteiger partial charge in [-0.15, -0.1) is 0 Å². The van der Waals surface area contributed by atoms with Crippen molar-refractivity contribution in [2.75, 3.05) is 19.6 Å². The summed E-state index contributed by atoms with van der Waals surface area (Å²) < 4.78 is 0. The zero-order valence-electron chi connectivity index (χ0n) is 12.0. The summed E-state index contributed by atoms with van der Waals surface area (Å²) in [5, 5.41) is 0. The smallest absolute Gasteiger partial charge is 0.223 e. The first-order valence-corrected chi connectivity index (χ1v) is 7.15. The van der Waals surface area contributed by atoms with Crippen molar-refractivity contribution in [1.29, 1.82) is 0 Å². The van der Waals surface area contributed by atoms with E-state index in [9.17, 15) is 4.79 Å². The molecule has 0 saturated heterocycles. The van der Waals surface area contributed by atoms with Crippen LogP contribution < -0.4 is 5.73 Å². The largest absolute Gasteiger partial charge is 0.339 e. The minimum atomic E-state index is 0.0673. The Kier molecular flexibility index (Phi) is 5.86. The van der Waals surface area contributed by atoms with Gasteiger partial charge in [0.25, 0.3) is 0 Å². The number of nitrogens with two attached hydrogens (primary N) is 1. The van der Waals surface area contributed by atoms with Crippen molar-refractivity contribution in [1.82, 2.24) is 4.90 Å². The molecular weight excluding hydrogens is 224 g/mol. The van der Waals surface area contributed by atoms with E-state index in [-0.39, 0.29) is 11.3 Å². The molecule has 1 amide bonds. The highest BCUT2D eigenvalue weighted by molar-refractivity contribution is 5.77. The lowest BCUT2D eigenvalue weighted by molar-refractivity contribution is -0.133. The minimum absolute atomic E-state index is 0.0673. The van der Waals surface area contributed by atoms with E-state index in [1.807, 2.05) is 18.7 Å². The van der Waals surface area contributed by atoms with Crippen molar-refractivity contribution < 1.29 is 4.79 Å². The fourth-order valence-corrected chi connectivity index (χ4v) is 2.89. The van der Waals surface area contributed by atoms with E-state index >= 15 is 0 Å². The van der Waals surface area contributed by atoms with Gasteiger partial charge in [-0.05, 0) is 38.6 Å². The van der Waals surface area contributed by atoms with Crippen molar-refractivity contribution in [3.05, 3.63) is 12.2 Å². The molecule has 104 valence electrons. The predicted octanol–water partition coefficient (Wildman–Crippen LogP) is 2.71. The molecule has 0 bridgehead atoms. The average Bonchev–Trinajstić information content (AvgIpc) is 2.36. The van der Waals surface area contributed by atoms with Crippen LogP contribution in [0, 0.1) is 5.41 Å². The Labute approximate surface area is 111 Å². The lowest BCUT2D eigenvalue weighted by Crippen LogP contribution is -2.41. The summed E-state index contributed by atoms with van der Waals surface area (Å²) in [6.07, 6.45) is 6.57. The van der Waals surface area contributed by atoms with Crippen LogP contribution in [-0.4, -0.2) is 30.4 Å². The molecule has 0 spiro atoms. The van der Waals surface area contributed by atoms with Crippen LogP contribution in [0.3, 0.4) is 0 Å². The Balaban J connectivity index is 2.62. The van der Waals surface area contributed by atoms with Gasteiger partial charge in [0.2, 0.25) is 5.91 Å². The number of amides is 1. The highest BCUT2D eigenvalue weighted by Gasteiger charge is 2.34. The second-order valence-corrected chi connectivity index (χ2v) is 5.81. The molecule has 0 aromatic heterocycles. The molecule has 0 atom stereocenters. The SMILES string of the molecule is C=C(C)CN(CC)C(=O)CC1(CN)CCCCC1. The van der Waals surface area contributed by atoms with Gasteiger partial charge < -0.3 is 10.6 Å². The molecule has 1 aliphatic rings. The number of hydrogen-bond acceptors (Lipinski definition) is 2. The highest BCUT2D eigenvalue weighted by atomic mass is 16.2. The summed E-state index contributed by atoms with van der Waals surface area (Å²) in [6.45, 7) is 9.96. The molecule has 1 fully saturated rings. The van der Waals surface area contributed by atoms with E-state index in [2.05, 4.69) is 6.58 Å². The zero-order chi connectivity index (χ0) is 13.6. The van der Waals surface area contributed by atoms with Crippen LogP contribution in [0.5, 0.6) is 0 Å². The van der Waals surface area contributed by atoms with E-state index in [4.69, 9.17) is 5.73 Å². The second-order valence-electron chi connectivity index (χ2n) is 5.81. The Morgan fingerprint density at radius 2 is 1.94 bits per heavy atom. The lowest BCUT2D eigenvalue weighted by Gasteiger charge is -2.37. The van der Waals surface area contributed by atoms with Gasteiger partial charge in [0, 0.05) is 19.5 Å². The van der Waals surface area contributed by atoms with Gasteiger partial charge in [-0.2, -0.15) is 0 Å². The van der Waals surface area contributed by atoms with Gasteiger partial charge in [-0.1, -0.05) is 31.4 Å². The first kappa shape index (κ1) is 15.2. The van der Waals surface area contributed by atoms with Crippen LogP contribution in [-0.2, 0) is 4.79 Å². The molecule has 0 aliphatic heterocycles. The molecule has 1 saturated carbocycles. The Morgan fingerprint density at radius 1 is 1.33 bits per heavy atom. The average molecular weight is 252 g/mol. The second kappa shape index (κ2) is 6.93. The van der Waals surface area contributed by atoms with Crippen LogP contribution in [0.2, 0.25) is 0 Å². The van der Waals surface area contributed by atoms with Crippen molar-refractivity contribution in [2.24, 2.45) is 11.1 Å². The van der Waals surface area contributed by atoms with E-state index in [1.54, 1.807) is 0 Å². The summed E-state index contributed by atoms with van der Waals surface area (Å²) >= 11 is 0. The van der Waals surface area contributed by atoms with Gasteiger partial charge in [0.05, 0.1) is 0 Å². The third-order valence-electron chi connectivity index (χ3n) is 4.07. The topological polar surface area (TPSA) is 46.3 Å². The maximum atomic E-state index is 12.4. The molecular formula is C15H28N2O. The van der Waals surface area contributed by atoms with Crippen molar-refractivity contribution >= 4 is 5.91 Å². The predicted molar refractivity (Wildman–Crippen MR) is 76.3 cm³/mol. The molecule has 0 heterocycles. The van der Waals surface area contributed by atoms with Gasteiger partial charge >= 0.3 is 0 Å². The van der Waals surface area contributed by atoms with E-state index < -0.39 is 0 Å². The maximum absolute atomic E-state index is 12.4. The molecule has 3 heteroatoms. The van der Waals surface area contributed by atoms with Gasteiger partial charge in [-0.25, -0.2) is 0 Å². The maximum Gasteiger partial charge on any atom is 0.223 e. The summed E-state index contributed by atoms with van der Waals surface area (Å²) in [4.78, 5) is 14.3.